The monoisotopic (exact) mass is 155 g/mol. The Morgan fingerprint density at radius 1 is 1.90 bits per heavy atom. The fourth-order valence-corrected chi connectivity index (χ4v) is 1.19. The normalized spacial score (nSPS) is 9.30. The van der Waals surface area contributed by atoms with Gasteiger partial charge < -0.3 is 4.74 Å². The lowest BCUT2D eigenvalue weighted by Crippen LogP contribution is -1.91. The summed E-state index contributed by atoms with van der Waals surface area (Å²) in [5.41, 5.74) is 1.00. The van der Waals surface area contributed by atoms with Crippen LogP contribution in [0.1, 0.15) is 5.69 Å². The zero-order chi connectivity index (χ0) is 7.40. The Labute approximate surface area is 64.2 Å². The van der Waals surface area contributed by atoms with E-state index in [4.69, 9.17) is 4.74 Å². The summed E-state index contributed by atoms with van der Waals surface area (Å²) in [6.45, 7) is 6.01. The van der Waals surface area contributed by atoms with Crippen molar-refractivity contribution in [2.24, 2.45) is 0 Å². The molecule has 0 bridgehead atoms. The number of rotatable bonds is 3. The van der Waals surface area contributed by atoms with Gasteiger partial charge in [-0.2, -0.15) is 0 Å². The highest BCUT2D eigenvalue weighted by atomic mass is 32.1. The van der Waals surface area contributed by atoms with Crippen LogP contribution >= 0.6 is 11.3 Å². The Balaban J connectivity index is 2.49. The summed E-state index contributed by atoms with van der Waals surface area (Å²) in [6.07, 6.45) is 1.71. The molecule has 0 saturated carbocycles. The Hall–Kier alpha value is -0.830. The molecule has 0 fully saturated rings. The molecule has 0 aliphatic heterocycles. The van der Waals surface area contributed by atoms with Crippen LogP contribution in [0.15, 0.2) is 18.0 Å². The zero-order valence-corrected chi connectivity index (χ0v) is 6.65. The predicted molar refractivity (Wildman–Crippen MR) is 42.5 cm³/mol. The van der Waals surface area contributed by atoms with Crippen LogP contribution in [0.4, 0.5) is 0 Å². The van der Waals surface area contributed by atoms with E-state index in [0.29, 0.717) is 6.61 Å². The lowest BCUT2D eigenvalue weighted by atomic mass is 10.6. The van der Waals surface area contributed by atoms with Crippen LogP contribution in [0.5, 0.6) is 5.19 Å². The van der Waals surface area contributed by atoms with Gasteiger partial charge in [0.05, 0.1) is 5.69 Å². The molecule has 2 nitrogen and oxygen atoms in total. The SMILES string of the molecule is C=CCOc1nc(C)cs1. The van der Waals surface area contributed by atoms with Crippen LogP contribution in [0.3, 0.4) is 0 Å². The molecule has 0 spiro atoms. The third kappa shape index (κ3) is 1.84. The minimum absolute atomic E-state index is 0.535. The molecular weight excluding hydrogens is 146 g/mol. The fourth-order valence-electron chi connectivity index (χ4n) is 0.529. The first-order valence-corrected chi connectivity index (χ1v) is 3.86. The van der Waals surface area contributed by atoms with Gasteiger partial charge in [-0.05, 0) is 6.92 Å². The van der Waals surface area contributed by atoms with Crippen molar-refractivity contribution < 1.29 is 4.74 Å². The van der Waals surface area contributed by atoms with E-state index in [1.165, 1.54) is 11.3 Å². The summed E-state index contributed by atoms with van der Waals surface area (Å²) in [4.78, 5) is 4.10. The van der Waals surface area contributed by atoms with Gasteiger partial charge in [0.1, 0.15) is 6.61 Å². The molecule has 0 aliphatic rings. The maximum Gasteiger partial charge on any atom is 0.273 e. The fraction of sp³-hybridized carbons (Fsp3) is 0.286. The summed E-state index contributed by atoms with van der Waals surface area (Å²) >= 11 is 1.51. The molecule has 0 aliphatic carbocycles. The lowest BCUT2D eigenvalue weighted by molar-refractivity contribution is 0.360. The van der Waals surface area contributed by atoms with Crippen molar-refractivity contribution in [1.29, 1.82) is 0 Å². The molecule has 0 atom stereocenters. The van der Waals surface area contributed by atoms with Gasteiger partial charge in [0.2, 0.25) is 0 Å². The van der Waals surface area contributed by atoms with Crippen molar-refractivity contribution in [3.05, 3.63) is 23.7 Å². The number of hydrogen-bond acceptors (Lipinski definition) is 3. The molecule has 0 unspecified atom stereocenters. The smallest absolute Gasteiger partial charge is 0.273 e. The van der Waals surface area contributed by atoms with Crippen molar-refractivity contribution in [3.8, 4) is 5.19 Å². The number of ether oxygens (including phenoxy) is 1. The minimum Gasteiger partial charge on any atom is -0.466 e. The Kier molecular flexibility index (Phi) is 2.45. The first-order chi connectivity index (χ1) is 4.83. The van der Waals surface area contributed by atoms with Gasteiger partial charge in [0.15, 0.2) is 0 Å². The van der Waals surface area contributed by atoms with Gasteiger partial charge in [-0.15, -0.1) is 0 Å². The number of nitrogens with zero attached hydrogens (tertiary/aromatic N) is 1. The highest BCUT2D eigenvalue weighted by Crippen LogP contribution is 2.16. The van der Waals surface area contributed by atoms with Crippen LogP contribution in [-0.2, 0) is 0 Å². The molecule has 1 aromatic rings. The number of aromatic nitrogens is 1. The van der Waals surface area contributed by atoms with Crippen molar-refractivity contribution in [3.63, 3.8) is 0 Å². The van der Waals surface area contributed by atoms with Crippen molar-refractivity contribution in [2.75, 3.05) is 6.61 Å². The summed E-state index contributed by atoms with van der Waals surface area (Å²) in [7, 11) is 0. The molecule has 1 rings (SSSR count). The highest BCUT2D eigenvalue weighted by Gasteiger charge is 1.95. The van der Waals surface area contributed by atoms with E-state index in [0.717, 1.165) is 10.9 Å². The average Bonchev–Trinajstić information content (AvgIpc) is 2.31. The van der Waals surface area contributed by atoms with E-state index in [9.17, 15) is 0 Å². The second kappa shape index (κ2) is 3.37. The van der Waals surface area contributed by atoms with Gasteiger partial charge in [-0.1, -0.05) is 24.0 Å². The Morgan fingerprint density at radius 3 is 3.20 bits per heavy atom. The van der Waals surface area contributed by atoms with E-state index >= 15 is 0 Å². The third-order valence-corrected chi connectivity index (χ3v) is 1.79. The number of thiazole rings is 1. The Bertz CT molecular complexity index is 219. The lowest BCUT2D eigenvalue weighted by Gasteiger charge is -1.93. The van der Waals surface area contributed by atoms with Crippen LogP contribution < -0.4 is 4.74 Å². The standard InChI is InChI=1S/C7H9NOS/c1-3-4-9-7-8-6(2)5-10-7/h3,5H,1,4H2,2H3. The van der Waals surface area contributed by atoms with Crippen molar-refractivity contribution >= 4 is 11.3 Å². The van der Waals surface area contributed by atoms with Crippen LogP contribution in [0.2, 0.25) is 0 Å². The maximum absolute atomic E-state index is 5.17. The molecule has 0 amide bonds. The molecule has 0 aromatic carbocycles. The van der Waals surface area contributed by atoms with E-state index in [1.54, 1.807) is 6.08 Å². The third-order valence-electron chi connectivity index (χ3n) is 0.923. The maximum atomic E-state index is 5.17. The second-order valence-electron chi connectivity index (χ2n) is 1.85. The average molecular weight is 155 g/mol. The molecule has 0 N–H and O–H groups in total. The Morgan fingerprint density at radius 2 is 2.70 bits per heavy atom. The van der Waals surface area contributed by atoms with Crippen LogP contribution in [-0.4, -0.2) is 11.6 Å². The summed E-state index contributed by atoms with van der Waals surface area (Å²) < 4.78 is 5.17. The van der Waals surface area contributed by atoms with E-state index < -0.39 is 0 Å². The molecule has 0 saturated heterocycles. The molecule has 54 valence electrons. The van der Waals surface area contributed by atoms with Crippen LogP contribution in [0.25, 0.3) is 0 Å². The summed E-state index contributed by atoms with van der Waals surface area (Å²) in [5.74, 6) is 0. The molecule has 10 heavy (non-hydrogen) atoms. The largest absolute Gasteiger partial charge is 0.466 e. The highest BCUT2D eigenvalue weighted by molar-refractivity contribution is 7.11. The topological polar surface area (TPSA) is 22.1 Å². The molecule has 1 aromatic heterocycles. The van der Waals surface area contributed by atoms with E-state index in [-0.39, 0.29) is 0 Å². The number of hydrogen-bond donors (Lipinski definition) is 0. The molecule has 0 radical (unpaired) electrons. The minimum atomic E-state index is 0.535. The first kappa shape index (κ1) is 7.28. The second-order valence-corrected chi connectivity index (χ2v) is 2.68. The van der Waals surface area contributed by atoms with Crippen LogP contribution in [0, 0.1) is 6.92 Å². The van der Waals surface area contributed by atoms with Gasteiger partial charge in [-0.25, -0.2) is 4.98 Å². The molecule has 1 heterocycles. The predicted octanol–water partition coefficient (Wildman–Crippen LogP) is 2.02. The van der Waals surface area contributed by atoms with Gasteiger partial charge in [-0.3, -0.25) is 0 Å². The quantitative estimate of drug-likeness (QED) is 0.623. The van der Waals surface area contributed by atoms with Gasteiger partial charge in [0.25, 0.3) is 5.19 Å². The van der Waals surface area contributed by atoms with Gasteiger partial charge in [0, 0.05) is 5.38 Å². The summed E-state index contributed by atoms with van der Waals surface area (Å²) in [6, 6.07) is 0. The van der Waals surface area contributed by atoms with Crippen molar-refractivity contribution in [2.45, 2.75) is 6.92 Å². The van der Waals surface area contributed by atoms with Gasteiger partial charge >= 0.3 is 0 Å². The molecular formula is C7H9NOS. The van der Waals surface area contributed by atoms with E-state index in [1.807, 2.05) is 12.3 Å². The summed E-state index contributed by atoms with van der Waals surface area (Å²) in [5, 5.41) is 2.68. The zero-order valence-electron chi connectivity index (χ0n) is 5.83. The number of aryl methyl sites for hydroxylation is 1. The van der Waals surface area contributed by atoms with Crippen molar-refractivity contribution in [1.82, 2.24) is 4.98 Å². The molecule has 3 heteroatoms. The van der Waals surface area contributed by atoms with E-state index in [2.05, 4.69) is 11.6 Å². The first-order valence-electron chi connectivity index (χ1n) is 2.99.